The fourth-order valence-corrected chi connectivity index (χ4v) is 4.16. The molecule has 2 heterocycles. The van der Waals surface area contributed by atoms with Crippen LogP contribution in [0.3, 0.4) is 0 Å². The Balaban J connectivity index is 1.51. The van der Waals surface area contributed by atoms with Crippen LogP contribution in [0.5, 0.6) is 0 Å². The number of anilines is 2. The van der Waals surface area contributed by atoms with Crippen LogP contribution in [0.1, 0.15) is 28.4 Å². The van der Waals surface area contributed by atoms with Crippen LogP contribution < -0.4 is 5.32 Å². The summed E-state index contributed by atoms with van der Waals surface area (Å²) in [7, 11) is 1.72. The number of aliphatic imine (C=N–C) groups is 1. The number of amidine groups is 1. The van der Waals surface area contributed by atoms with E-state index in [4.69, 9.17) is 5.11 Å². The first-order chi connectivity index (χ1) is 15.9. The first-order valence-corrected chi connectivity index (χ1v) is 11.2. The number of nitrogens with one attached hydrogen (secondary N) is 1. The van der Waals surface area contributed by atoms with Gasteiger partial charge in [0.1, 0.15) is 5.82 Å². The van der Waals surface area contributed by atoms with Crippen LogP contribution in [0.2, 0.25) is 0 Å². The van der Waals surface area contributed by atoms with Crippen molar-refractivity contribution in [2.75, 3.05) is 12.4 Å². The molecule has 1 aliphatic heterocycles. The van der Waals surface area contributed by atoms with Gasteiger partial charge in [0.2, 0.25) is 0 Å². The Morgan fingerprint density at radius 2 is 1.88 bits per heavy atom. The van der Waals surface area contributed by atoms with Gasteiger partial charge in [-0.3, -0.25) is 9.69 Å². The standard InChI is InChI=1S/C25H22N4O3S/c1-3-16-4-8-20(9-5-16)28-25-29(2)23(30)21(33-25)14-17-12-13-26-22(15-17)27-19-10-6-18(7-11-19)24(31)32/h4-15H,3H2,1-2H3,(H,26,27)(H,31,32)/b21-14-,28-25?. The van der Waals surface area contributed by atoms with Crippen molar-refractivity contribution in [1.82, 2.24) is 9.88 Å². The Bertz CT molecular complexity index is 1250. The van der Waals surface area contributed by atoms with Gasteiger partial charge in [0.05, 0.1) is 16.2 Å². The van der Waals surface area contributed by atoms with Gasteiger partial charge in [-0.1, -0.05) is 19.1 Å². The summed E-state index contributed by atoms with van der Waals surface area (Å²) in [5.41, 5.74) is 3.79. The van der Waals surface area contributed by atoms with Gasteiger partial charge in [0.25, 0.3) is 5.91 Å². The molecule has 7 nitrogen and oxygen atoms in total. The third kappa shape index (κ3) is 5.30. The molecule has 0 bridgehead atoms. The van der Waals surface area contributed by atoms with Crippen LogP contribution >= 0.6 is 11.8 Å². The maximum Gasteiger partial charge on any atom is 0.335 e. The van der Waals surface area contributed by atoms with Gasteiger partial charge >= 0.3 is 5.97 Å². The molecule has 2 aromatic carbocycles. The summed E-state index contributed by atoms with van der Waals surface area (Å²) in [6.45, 7) is 2.10. The number of aryl methyl sites for hydroxylation is 1. The largest absolute Gasteiger partial charge is 0.478 e. The monoisotopic (exact) mass is 458 g/mol. The molecule has 1 aromatic heterocycles. The lowest BCUT2D eigenvalue weighted by Crippen LogP contribution is -2.23. The molecule has 0 saturated carbocycles. The maximum atomic E-state index is 12.8. The Morgan fingerprint density at radius 3 is 2.55 bits per heavy atom. The zero-order valence-electron chi connectivity index (χ0n) is 18.1. The number of aromatic nitrogens is 1. The average Bonchev–Trinajstić information content (AvgIpc) is 3.08. The number of hydrogen-bond donors (Lipinski definition) is 2. The van der Waals surface area contributed by atoms with Crippen molar-refractivity contribution >= 4 is 52.1 Å². The minimum Gasteiger partial charge on any atom is -0.478 e. The van der Waals surface area contributed by atoms with Gasteiger partial charge in [-0.25, -0.2) is 14.8 Å². The summed E-state index contributed by atoms with van der Waals surface area (Å²) in [6.07, 6.45) is 4.43. The molecule has 33 heavy (non-hydrogen) atoms. The van der Waals surface area contributed by atoms with Crippen molar-refractivity contribution in [2.24, 2.45) is 4.99 Å². The molecule has 0 unspecified atom stereocenters. The van der Waals surface area contributed by atoms with Crippen molar-refractivity contribution in [1.29, 1.82) is 0 Å². The van der Waals surface area contributed by atoms with E-state index >= 15 is 0 Å². The molecule has 1 fully saturated rings. The third-order valence-corrected chi connectivity index (χ3v) is 6.12. The predicted molar refractivity (Wildman–Crippen MR) is 132 cm³/mol. The molecule has 4 rings (SSSR count). The molecule has 166 valence electrons. The Kier molecular flexibility index (Phi) is 6.55. The topological polar surface area (TPSA) is 94.9 Å². The third-order valence-electron chi connectivity index (χ3n) is 5.06. The minimum absolute atomic E-state index is 0.112. The molecular formula is C25H22N4O3S. The highest BCUT2D eigenvalue weighted by Crippen LogP contribution is 2.33. The minimum atomic E-state index is -0.974. The van der Waals surface area contributed by atoms with Gasteiger partial charge in [0.15, 0.2) is 5.17 Å². The molecule has 0 aliphatic carbocycles. The molecule has 1 aliphatic rings. The number of pyridine rings is 1. The van der Waals surface area contributed by atoms with Crippen molar-refractivity contribution in [3.05, 3.63) is 88.5 Å². The second-order valence-electron chi connectivity index (χ2n) is 7.37. The summed E-state index contributed by atoms with van der Waals surface area (Å²) in [5.74, 6) is -0.501. The molecule has 2 N–H and O–H groups in total. The van der Waals surface area contributed by atoms with E-state index < -0.39 is 5.97 Å². The van der Waals surface area contributed by atoms with Gasteiger partial charge < -0.3 is 10.4 Å². The summed E-state index contributed by atoms with van der Waals surface area (Å²) in [4.78, 5) is 34.8. The van der Waals surface area contributed by atoms with Crippen molar-refractivity contribution < 1.29 is 14.7 Å². The average molecular weight is 459 g/mol. The lowest BCUT2D eigenvalue weighted by atomic mass is 10.2. The second kappa shape index (κ2) is 9.70. The number of carboxylic acid groups (broad SMARTS) is 1. The van der Waals surface area contributed by atoms with Crippen molar-refractivity contribution in [3.63, 3.8) is 0 Å². The fourth-order valence-electron chi connectivity index (χ4n) is 3.17. The van der Waals surface area contributed by atoms with Crippen LogP contribution in [0.4, 0.5) is 17.2 Å². The highest BCUT2D eigenvalue weighted by atomic mass is 32.2. The predicted octanol–water partition coefficient (Wildman–Crippen LogP) is 5.32. The van der Waals surface area contributed by atoms with Crippen molar-refractivity contribution in [2.45, 2.75) is 13.3 Å². The number of aromatic carboxylic acids is 1. The van der Waals surface area contributed by atoms with Gasteiger partial charge in [-0.15, -0.1) is 0 Å². The van der Waals surface area contributed by atoms with E-state index in [-0.39, 0.29) is 11.5 Å². The highest BCUT2D eigenvalue weighted by molar-refractivity contribution is 8.18. The lowest BCUT2D eigenvalue weighted by Gasteiger charge is -2.07. The van der Waals surface area contributed by atoms with E-state index in [1.807, 2.05) is 42.5 Å². The maximum absolute atomic E-state index is 12.8. The Morgan fingerprint density at radius 1 is 1.15 bits per heavy atom. The van der Waals surface area contributed by atoms with E-state index in [0.29, 0.717) is 21.6 Å². The summed E-state index contributed by atoms with van der Waals surface area (Å²) >= 11 is 1.33. The summed E-state index contributed by atoms with van der Waals surface area (Å²) in [5, 5.41) is 12.8. The molecule has 0 radical (unpaired) electrons. The van der Waals surface area contributed by atoms with Gasteiger partial charge in [-0.2, -0.15) is 0 Å². The molecule has 8 heteroatoms. The van der Waals surface area contributed by atoms with E-state index in [1.54, 1.807) is 30.3 Å². The van der Waals surface area contributed by atoms with Gasteiger partial charge in [0, 0.05) is 18.9 Å². The quantitative estimate of drug-likeness (QED) is 0.486. The van der Waals surface area contributed by atoms with E-state index in [2.05, 4.69) is 22.2 Å². The second-order valence-corrected chi connectivity index (χ2v) is 8.38. The van der Waals surface area contributed by atoms with Crippen LogP contribution in [0, 0.1) is 0 Å². The van der Waals surface area contributed by atoms with Crippen molar-refractivity contribution in [3.8, 4) is 0 Å². The number of thioether (sulfide) groups is 1. The molecular weight excluding hydrogens is 436 g/mol. The van der Waals surface area contributed by atoms with Crippen LogP contribution in [0.15, 0.2) is 76.8 Å². The molecule has 0 spiro atoms. The number of carbonyl (C=O) groups excluding carboxylic acids is 1. The molecule has 3 aromatic rings. The van der Waals surface area contributed by atoms with Gasteiger partial charge in [-0.05, 0) is 83.9 Å². The number of carboxylic acids is 1. The van der Waals surface area contributed by atoms with Crippen LogP contribution in [0.25, 0.3) is 6.08 Å². The smallest absolute Gasteiger partial charge is 0.335 e. The number of rotatable bonds is 6. The summed E-state index contributed by atoms with van der Waals surface area (Å²) < 4.78 is 0. The zero-order valence-corrected chi connectivity index (χ0v) is 19.0. The Labute approximate surface area is 195 Å². The van der Waals surface area contributed by atoms with Crippen LogP contribution in [-0.2, 0) is 11.2 Å². The normalized spacial score (nSPS) is 15.9. The Hall–Kier alpha value is -3.91. The molecule has 0 atom stereocenters. The van der Waals surface area contributed by atoms with E-state index in [1.165, 1.54) is 29.5 Å². The molecule has 1 amide bonds. The van der Waals surface area contributed by atoms with E-state index in [9.17, 15) is 9.59 Å². The summed E-state index contributed by atoms with van der Waals surface area (Å²) in [6, 6.07) is 18.0. The molecule has 1 saturated heterocycles. The number of hydrogen-bond acceptors (Lipinski definition) is 6. The number of nitrogens with zero attached hydrogens (tertiary/aromatic N) is 3. The number of carbonyl (C=O) groups is 2. The number of amides is 1. The first-order valence-electron chi connectivity index (χ1n) is 10.3. The number of likely N-dealkylation sites (N-methyl/N-ethyl adjacent to an activating group) is 1. The first kappa shape index (κ1) is 22.3. The fraction of sp³-hybridized carbons (Fsp3) is 0.120. The van der Waals surface area contributed by atoms with E-state index in [0.717, 1.165) is 17.7 Å². The van der Waals surface area contributed by atoms with Crippen LogP contribution in [-0.4, -0.2) is 39.1 Å². The zero-order chi connectivity index (χ0) is 23.4. The number of benzene rings is 2. The lowest BCUT2D eigenvalue weighted by molar-refractivity contribution is -0.121. The SMILES string of the molecule is CCc1ccc(N=C2S/C(=C\c3ccnc(Nc4ccc(C(=O)O)cc4)c3)C(=O)N2C)cc1. The highest BCUT2D eigenvalue weighted by Gasteiger charge is 2.30.